The third-order valence-corrected chi connectivity index (χ3v) is 6.35. The van der Waals surface area contributed by atoms with Crippen LogP contribution in [0.2, 0.25) is 0 Å². The van der Waals surface area contributed by atoms with Crippen LogP contribution in [0.5, 0.6) is 0 Å². The zero-order chi connectivity index (χ0) is 24.4. The van der Waals surface area contributed by atoms with Gasteiger partial charge in [0.2, 0.25) is 5.78 Å². The van der Waals surface area contributed by atoms with Gasteiger partial charge in [-0.1, -0.05) is 12.1 Å². The van der Waals surface area contributed by atoms with Crippen LogP contribution in [0.1, 0.15) is 45.1 Å². The Morgan fingerprint density at radius 2 is 1.82 bits per heavy atom. The third kappa shape index (κ3) is 4.46. The number of rotatable bonds is 9. The number of aromatic nitrogens is 4. The molecule has 8 heteroatoms. The Morgan fingerprint density at radius 3 is 2.59 bits per heavy atom. The van der Waals surface area contributed by atoms with E-state index in [9.17, 15) is 9.59 Å². The van der Waals surface area contributed by atoms with E-state index in [1.807, 2.05) is 67.1 Å². The minimum Gasteiger partial charge on any atom is -0.457 e. The number of benzene rings is 1. The molecule has 3 heterocycles. The fourth-order valence-electron chi connectivity index (χ4n) is 4.47. The predicted octanol–water partition coefficient (Wildman–Crippen LogP) is 3.92. The molecule has 0 radical (unpaired) electrons. The molecule has 4 aromatic rings. The lowest BCUT2D eigenvalue weighted by molar-refractivity contribution is -0.142. The second-order valence-corrected chi connectivity index (χ2v) is 8.53. The monoisotopic (exact) mass is 462 g/mol. The molecule has 0 saturated heterocycles. The van der Waals surface area contributed by atoms with Crippen LogP contribution in [0.15, 0.2) is 30.3 Å². The molecule has 34 heavy (non-hydrogen) atoms. The van der Waals surface area contributed by atoms with E-state index in [0.29, 0.717) is 25.1 Å². The number of carbonyl (C=O) groups excluding carboxylic acids is 2. The number of esters is 1. The number of nitrogens with zero attached hydrogens (tertiary/aromatic N) is 4. The van der Waals surface area contributed by atoms with Crippen molar-refractivity contribution >= 4 is 28.3 Å². The molecule has 0 unspecified atom stereocenters. The molecule has 0 amide bonds. The van der Waals surface area contributed by atoms with Crippen LogP contribution < -0.4 is 0 Å². The quantitative estimate of drug-likeness (QED) is 0.277. The van der Waals surface area contributed by atoms with E-state index in [1.54, 1.807) is 7.11 Å². The zero-order valence-corrected chi connectivity index (χ0v) is 20.3. The molecule has 0 spiro atoms. The lowest BCUT2D eigenvalue weighted by Gasteiger charge is -2.11. The Hall–Kier alpha value is -3.52. The summed E-state index contributed by atoms with van der Waals surface area (Å²) in [5.74, 6) is -0.616. The average Bonchev–Trinajstić information content (AvgIpc) is 3.33. The molecular formula is C26H30N4O4. The van der Waals surface area contributed by atoms with Gasteiger partial charge < -0.3 is 14.0 Å². The number of Topliss-reactive ketones (excluding diaryl/α,β-unsaturated/α-hetero) is 1. The van der Waals surface area contributed by atoms with Crippen LogP contribution in [-0.2, 0) is 27.2 Å². The van der Waals surface area contributed by atoms with E-state index < -0.39 is 5.97 Å². The summed E-state index contributed by atoms with van der Waals surface area (Å²) >= 11 is 0. The van der Waals surface area contributed by atoms with Crippen molar-refractivity contribution in [1.29, 1.82) is 0 Å². The van der Waals surface area contributed by atoms with Crippen molar-refractivity contribution in [2.75, 3.05) is 20.3 Å². The maximum Gasteiger partial charge on any atom is 0.306 e. The Balaban J connectivity index is 1.41. The zero-order valence-electron chi connectivity index (χ0n) is 20.3. The highest BCUT2D eigenvalue weighted by molar-refractivity contribution is 5.99. The van der Waals surface area contributed by atoms with E-state index >= 15 is 0 Å². The van der Waals surface area contributed by atoms with Crippen LogP contribution in [-0.4, -0.2) is 51.2 Å². The molecule has 1 aromatic carbocycles. The van der Waals surface area contributed by atoms with E-state index in [-0.39, 0.29) is 18.8 Å². The van der Waals surface area contributed by atoms with Crippen LogP contribution in [0.4, 0.5) is 0 Å². The number of hydrogen-bond donors (Lipinski definition) is 0. The van der Waals surface area contributed by atoms with Crippen molar-refractivity contribution in [2.45, 2.75) is 47.1 Å². The van der Waals surface area contributed by atoms with Crippen LogP contribution >= 0.6 is 0 Å². The highest BCUT2D eigenvalue weighted by Gasteiger charge is 2.19. The van der Waals surface area contributed by atoms with Crippen molar-refractivity contribution in [2.24, 2.45) is 0 Å². The summed E-state index contributed by atoms with van der Waals surface area (Å²) in [5, 5.41) is 5.66. The molecule has 0 saturated carbocycles. The van der Waals surface area contributed by atoms with Gasteiger partial charge in [0, 0.05) is 53.8 Å². The highest BCUT2D eigenvalue weighted by atomic mass is 16.5. The van der Waals surface area contributed by atoms with Crippen molar-refractivity contribution < 1.29 is 19.1 Å². The standard InChI is InChI=1S/C26H30N4O4/c1-16-14-22(18(3)29(16)12-13-33-5)24(31)15-34-25(32)11-10-20-17(2)27-26-21-8-6-7-9-23(21)28-30(26)19(20)4/h6-9,14H,10-13,15H2,1-5H3. The number of ether oxygens (including phenoxy) is 2. The molecule has 0 aliphatic carbocycles. The third-order valence-electron chi connectivity index (χ3n) is 6.35. The van der Waals surface area contributed by atoms with Gasteiger partial charge in [-0.2, -0.15) is 5.10 Å². The van der Waals surface area contributed by atoms with E-state index in [4.69, 9.17) is 14.5 Å². The van der Waals surface area contributed by atoms with Gasteiger partial charge in [0.1, 0.15) is 0 Å². The molecule has 178 valence electrons. The second-order valence-electron chi connectivity index (χ2n) is 8.53. The summed E-state index contributed by atoms with van der Waals surface area (Å²) in [6.07, 6.45) is 0.630. The highest BCUT2D eigenvalue weighted by Crippen LogP contribution is 2.23. The molecule has 0 aliphatic heterocycles. The van der Waals surface area contributed by atoms with E-state index in [0.717, 1.165) is 44.9 Å². The van der Waals surface area contributed by atoms with Crippen LogP contribution in [0.3, 0.4) is 0 Å². The SMILES string of the molecule is COCCn1c(C)cc(C(=O)COC(=O)CCc2c(C)nc3c4ccccc4nn3c2C)c1C. The smallest absolute Gasteiger partial charge is 0.306 e. The first-order chi connectivity index (χ1) is 16.3. The Morgan fingerprint density at radius 1 is 1.06 bits per heavy atom. The molecule has 0 aliphatic rings. The van der Waals surface area contributed by atoms with Gasteiger partial charge in [-0.25, -0.2) is 9.50 Å². The van der Waals surface area contributed by atoms with Crippen LogP contribution in [0.25, 0.3) is 16.6 Å². The molecule has 3 aromatic heterocycles. The summed E-state index contributed by atoms with van der Waals surface area (Å²) in [6.45, 7) is 8.73. The van der Waals surface area contributed by atoms with Crippen molar-refractivity contribution in [3.8, 4) is 0 Å². The summed E-state index contributed by atoms with van der Waals surface area (Å²) in [4.78, 5) is 29.9. The van der Waals surface area contributed by atoms with Gasteiger partial charge in [-0.05, 0) is 57.9 Å². The number of aryl methyl sites for hydroxylation is 3. The van der Waals surface area contributed by atoms with Gasteiger partial charge >= 0.3 is 5.97 Å². The number of ketones is 1. The van der Waals surface area contributed by atoms with Crippen LogP contribution in [0, 0.1) is 27.7 Å². The molecular weight excluding hydrogens is 432 g/mol. The maximum atomic E-state index is 12.7. The maximum absolute atomic E-state index is 12.7. The van der Waals surface area contributed by atoms with Crippen molar-refractivity contribution in [1.82, 2.24) is 19.2 Å². The number of hydrogen-bond acceptors (Lipinski definition) is 6. The molecule has 4 rings (SSSR count). The fourth-order valence-corrected chi connectivity index (χ4v) is 4.47. The number of methoxy groups -OCH3 is 1. The first-order valence-corrected chi connectivity index (χ1v) is 11.4. The van der Waals surface area contributed by atoms with Crippen molar-refractivity contribution in [3.05, 3.63) is 64.2 Å². The Labute approximate surface area is 198 Å². The lowest BCUT2D eigenvalue weighted by atomic mass is 10.1. The molecule has 0 atom stereocenters. The van der Waals surface area contributed by atoms with E-state index in [1.165, 1.54) is 0 Å². The normalized spacial score (nSPS) is 11.4. The summed E-state index contributed by atoms with van der Waals surface area (Å²) in [7, 11) is 1.65. The lowest BCUT2D eigenvalue weighted by Crippen LogP contribution is -2.16. The first kappa shape index (κ1) is 23.6. The van der Waals surface area contributed by atoms with Gasteiger partial charge in [0.05, 0.1) is 12.1 Å². The number of fused-ring (bicyclic) bond motifs is 3. The summed E-state index contributed by atoms with van der Waals surface area (Å²) < 4.78 is 14.3. The fraction of sp³-hybridized carbons (Fsp3) is 0.385. The average molecular weight is 463 g/mol. The molecule has 0 bridgehead atoms. The second kappa shape index (κ2) is 9.77. The van der Waals surface area contributed by atoms with E-state index in [2.05, 4.69) is 5.10 Å². The molecule has 0 fully saturated rings. The van der Waals surface area contributed by atoms with Gasteiger partial charge in [-0.15, -0.1) is 0 Å². The molecule has 8 nitrogen and oxygen atoms in total. The minimum absolute atomic E-state index is 0.162. The van der Waals surface area contributed by atoms with Gasteiger partial charge in [-0.3, -0.25) is 9.59 Å². The Bertz CT molecular complexity index is 1380. The Kier molecular flexibility index (Phi) is 6.79. The summed E-state index contributed by atoms with van der Waals surface area (Å²) in [6, 6.07) is 9.72. The predicted molar refractivity (Wildman–Crippen MR) is 129 cm³/mol. The minimum atomic E-state index is -0.411. The topological polar surface area (TPSA) is 87.7 Å². The summed E-state index contributed by atoms with van der Waals surface area (Å²) in [5.41, 5.74) is 6.88. The largest absolute Gasteiger partial charge is 0.457 e. The molecule has 0 N–H and O–H groups in total. The van der Waals surface area contributed by atoms with Gasteiger partial charge in [0.25, 0.3) is 0 Å². The number of carbonyl (C=O) groups is 2. The van der Waals surface area contributed by atoms with Crippen molar-refractivity contribution in [3.63, 3.8) is 0 Å². The van der Waals surface area contributed by atoms with Gasteiger partial charge in [0.15, 0.2) is 12.3 Å². The first-order valence-electron chi connectivity index (χ1n) is 11.4.